The SMILES string of the molecule is Nn1[nH]c(-c2ncon2)c(C(F)(F)F)c1=S=O. The average molecular weight is 267 g/mol. The highest BCUT2D eigenvalue weighted by Gasteiger charge is 2.39. The zero-order valence-electron chi connectivity index (χ0n) is 7.85. The van der Waals surface area contributed by atoms with E-state index in [-0.39, 0.29) is 17.1 Å². The van der Waals surface area contributed by atoms with Crippen molar-refractivity contribution in [3.05, 3.63) is 16.6 Å². The average Bonchev–Trinajstić information content (AvgIpc) is 2.81. The smallest absolute Gasteiger partial charge is 0.342 e. The van der Waals surface area contributed by atoms with Gasteiger partial charge in [-0.3, -0.25) is 5.10 Å². The number of hydrogen-bond acceptors (Lipinski definition) is 5. The number of halogens is 3. The molecule has 7 nitrogen and oxygen atoms in total. The normalized spacial score (nSPS) is 11.7. The Balaban J connectivity index is 2.83. The molecule has 2 heterocycles. The van der Waals surface area contributed by atoms with E-state index in [1.54, 1.807) is 0 Å². The Morgan fingerprint density at radius 2 is 2.24 bits per heavy atom. The van der Waals surface area contributed by atoms with Crippen LogP contribution in [0.2, 0.25) is 0 Å². The Bertz CT molecular complexity index is 621. The van der Waals surface area contributed by atoms with E-state index in [4.69, 9.17) is 5.84 Å². The lowest BCUT2D eigenvalue weighted by molar-refractivity contribution is -0.137. The quantitative estimate of drug-likeness (QED) is 0.573. The third-order valence-corrected chi connectivity index (χ3v) is 2.42. The second-order valence-corrected chi connectivity index (χ2v) is 3.43. The molecule has 0 spiro atoms. The number of aromatic nitrogens is 4. The zero-order chi connectivity index (χ0) is 12.6. The van der Waals surface area contributed by atoms with Gasteiger partial charge in [-0.15, -0.1) is 0 Å². The molecule has 0 atom stereocenters. The minimum atomic E-state index is -4.76. The van der Waals surface area contributed by atoms with Gasteiger partial charge < -0.3 is 10.4 Å². The first-order valence-electron chi connectivity index (χ1n) is 4.02. The molecule has 2 rings (SSSR count). The molecule has 0 aliphatic carbocycles. The summed E-state index contributed by atoms with van der Waals surface area (Å²) in [6.45, 7) is 0. The van der Waals surface area contributed by atoms with Crippen LogP contribution in [-0.2, 0) is 17.4 Å². The van der Waals surface area contributed by atoms with E-state index in [0.29, 0.717) is 4.79 Å². The monoisotopic (exact) mass is 267 g/mol. The molecule has 0 aliphatic heterocycles. The first-order chi connectivity index (χ1) is 7.95. The number of nitrogens with zero attached hydrogens (tertiary/aromatic N) is 3. The van der Waals surface area contributed by atoms with Gasteiger partial charge in [0, 0.05) is 0 Å². The van der Waals surface area contributed by atoms with Gasteiger partial charge in [-0.2, -0.15) is 22.9 Å². The highest BCUT2D eigenvalue weighted by atomic mass is 32.1. The minimum absolute atomic E-state index is 0.336. The first-order valence-corrected chi connectivity index (χ1v) is 4.76. The van der Waals surface area contributed by atoms with Gasteiger partial charge in [0.2, 0.25) is 12.2 Å². The van der Waals surface area contributed by atoms with Gasteiger partial charge in [-0.25, -0.2) is 4.21 Å². The number of alkyl halides is 3. The number of H-pyrrole nitrogens is 1. The molecule has 0 aromatic carbocycles. The Kier molecular flexibility index (Phi) is 2.53. The van der Waals surface area contributed by atoms with Crippen LogP contribution < -0.4 is 5.84 Å². The second kappa shape index (κ2) is 3.76. The van der Waals surface area contributed by atoms with E-state index < -0.39 is 22.1 Å². The summed E-state index contributed by atoms with van der Waals surface area (Å²) in [6.07, 6.45) is -3.90. The van der Waals surface area contributed by atoms with E-state index in [2.05, 4.69) is 19.8 Å². The predicted molar refractivity (Wildman–Crippen MR) is 48.6 cm³/mol. The Morgan fingerprint density at radius 3 is 2.71 bits per heavy atom. The standard InChI is InChI=1S/C6H4F3N5O2S/c7-6(8,9)2-3(4-11-1-16-13-4)12-14(10)5(2)17-15/h1,12H,10H2. The van der Waals surface area contributed by atoms with Crippen molar-refractivity contribution in [3.63, 3.8) is 0 Å². The molecule has 0 radical (unpaired) electrons. The molecule has 0 saturated carbocycles. The summed E-state index contributed by atoms with van der Waals surface area (Å²) in [5, 5.41) is 5.39. The minimum Gasteiger partial charge on any atom is -0.342 e. The maximum absolute atomic E-state index is 12.8. The van der Waals surface area contributed by atoms with Crippen molar-refractivity contribution in [2.45, 2.75) is 6.18 Å². The van der Waals surface area contributed by atoms with E-state index >= 15 is 0 Å². The topological polar surface area (TPSA) is 103 Å². The fourth-order valence-corrected chi connectivity index (χ4v) is 1.67. The van der Waals surface area contributed by atoms with Crippen molar-refractivity contribution < 1.29 is 21.9 Å². The molecule has 0 saturated heterocycles. The molecule has 0 fully saturated rings. The predicted octanol–water partition coefficient (Wildman–Crippen LogP) is 0.344. The molecule has 92 valence electrons. The summed E-state index contributed by atoms with van der Waals surface area (Å²) < 4.78 is 52.6. The van der Waals surface area contributed by atoms with Crippen LogP contribution in [0, 0.1) is 4.64 Å². The number of rotatable bonds is 1. The lowest BCUT2D eigenvalue weighted by Crippen LogP contribution is -2.12. The summed E-state index contributed by atoms with van der Waals surface area (Å²) >= 11 is -0.382. The molecule has 0 bridgehead atoms. The van der Waals surface area contributed by atoms with Crippen LogP contribution in [0.5, 0.6) is 0 Å². The second-order valence-electron chi connectivity index (χ2n) is 2.87. The lowest BCUT2D eigenvalue weighted by atomic mass is 10.2. The molecule has 2 aromatic rings. The highest BCUT2D eigenvalue weighted by Crippen LogP contribution is 2.35. The van der Waals surface area contributed by atoms with Crippen LogP contribution in [0.15, 0.2) is 10.9 Å². The van der Waals surface area contributed by atoms with Crippen LogP contribution in [-0.4, -0.2) is 24.2 Å². The number of aromatic amines is 1. The zero-order valence-corrected chi connectivity index (χ0v) is 8.67. The van der Waals surface area contributed by atoms with Crippen molar-refractivity contribution in [1.29, 1.82) is 0 Å². The fraction of sp³-hybridized carbons (Fsp3) is 0.167. The van der Waals surface area contributed by atoms with Crippen molar-refractivity contribution >= 4 is 11.3 Å². The van der Waals surface area contributed by atoms with E-state index in [0.717, 1.165) is 6.39 Å². The van der Waals surface area contributed by atoms with Gasteiger partial charge in [-0.05, 0) is 0 Å². The summed E-state index contributed by atoms with van der Waals surface area (Å²) in [5.41, 5.74) is -1.74. The van der Waals surface area contributed by atoms with Crippen molar-refractivity contribution in [2.75, 3.05) is 5.84 Å². The molecule has 3 N–H and O–H groups in total. The number of nitrogens with one attached hydrogen (secondary N) is 1. The van der Waals surface area contributed by atoms with Gasteiger partial charge in [-0.1, -0.05) is 5.16 Å². The number of nitrogen functional groups attached to an aromatic ring is 1. The van der Waals surface area contributed by atoms with Gasteiger partial charge >= 0.3 is 6.18 Å². The summed E-state index contributed by atoms with van der Waals surface area (Å²) in [5.74, 6) is 4.87. The van der Waals surface area contributed by atoms with E-state index in [9.17, 15) is 17.4 Å². The lowest BCUT2D eigenvalue weighted by Gasteiger charge is -2.03. The van der Waals surface area contributed by atoms with Crippen molar-refractivity contribution in [1.82, 2.24) is 20.0 Å². The molecule has 11 heteroatoms. The van der Waals surface area contributed by atoms with Gasteiger partial charge in [0.25, 0.3) is 0 Å². The molecule has 17 heavy (non-hydrogen) atoms. The molecule has 0 aliphatic rings. The van der Waals surface area contributed by atoms with Crippen LogP contribution >= 0.6 is 0 Å². The number of hydrogen-bond donors (Lipinski definition) is 2. The number of nitrogens with two attached hydrogens (primary N) is 1. The third-order valence-electron chi connectivity index (χ3n) is 1.86. The highest BCUT2D eigenvalue weighted by molar-refractivity contribution is 7.56. The Labute approximate surface area is 94.1 Å². The summed E-state index contributed by atoms with van der Waals surface area (Å²) in [7, 11) is 0. The van der Waals surface area contributed by atoms with E-state index in [1.165, 1.54) is 0 Å². The van der Waals surface area contributed by atoms with Crippen LogP contribution in [0.1, 0.15) is 5.56 Å². The third kappa shape index (κ3) is 1.84. The van der Waals surface area contributed by atoms with Gasteiger partial charge in [0.1, 0.15) is 22.5 Å². The molecular formula is C6H4F3N5O2S. The molecule has 0 amide bonds. The van der Waals surface area contributed by atoms with Crippen LogP contribution in [0.4, 0.5) is 13.2 Å². The molecule has 0 unspecified atom stereocenters. The van der Waals surface area contributed by atoms with Crippen molar-refractivity contribution in [2.24, 2.45) is 0 Å². The van der Waals surface area contributed by atoms with Crippen molar-refractivity contribution in [3.8, 4) is 11.5 Å². The van der Waals surface area contributed by atoms with E-state index in [1.807, 2.05) is 0 Å². The molecular weight excluding hydrogens is 263 g/mol. The fourth-order valence-electron chi connectivity index (χ4n) is 1.24. The van der Waals surface area contributed by atoms with Crippen LogP contribution in [0.25, 0.3) is 11.5 Å². The van der Waals surface area contributed by atoms with Gasteiger partial charge in [0.15, 0.2) is 4.64 Å². The largest absolute Gasteiger partial charge is 0.421 e. The summed E-state index contributed by atoms with van der Waals surface area (Å²) in [6, 6.07) is 0. The Hall–Kier alpha value is -2.04. The maximum Gasteiger partial charge on any atom is 0.421 e. The first kappa shape index (κ1) is 11.4. The summed E-state index contributed by atoms with van der Waals surface area (Å²) in [4.78, 5) is 3.92. The maximum atomic E-state index is 12.8. The van der Waals surface area contributed by atoms with Crippen LogP contribution in [0.3, 0.4) is 0 Å². The molecule has 2 aromatic heterocycles. The van der Waals surface area contributed by atoms with Gasteiger partial charge in [0.05, 0.1) is 0 Å². The Morgan fingerprint density at radius 1 is 1.53 bits per heavy atom.